The van der Waals surface area contributed by atoms with Crippen LogP contribution in [0.15, 0.2) is 11.8 Å². The Kier molecular flexibility index (Phi) is 6.68. The molecule has 0 saturated carbocycles. The monoisotopic (exact) mass is 256 g/mol. The molecule has 1 aliphatic heterocycles. The highest BCUT2D eigenvalue weighted by Gasteiger charge is 2.20. The van der Waals surface area contributed by atoms with Crippen LogP contribution in [0.25, 0.3) is 0 Å². The maximum atomic E-state index is 9.88. The number of nitrogens with zero attached hydrogens (tertiary/aromatic N) is 2. The Morgan fingerprint density at radius 1 is 1.22 bits per heavy atom. The van der Waals surface area contributed by atoms with E-state index in [4.69, 9.17) is 4.74 Å². The van der Waals surface area contributed by atoms with Gasteiger partial charge in [0.15, 0.2) is 0 Å². The molecule has 0 aromatic heterocycles. The van der Waals surface area contributed by atoms with Crippen LogP contribution >= 0.6 is 0 Å². The molecule has 0 aromatic rings. The number of β-amino-alcohol motifs (C(OH)–C–C–N with tert-alkyl or cyclic N) is 1. The number of rotatable bonds is 6. The molecule has 4 heteroatoms. The highest BCUT2D eigenvalue weighted by Crippen LogP contribution is 2.06. The highest BCUT2D eigenvalue weighted by atomic mass is 16.5. The first kappa shape index (κ1) is 15.5. The summed E-state index contributed by atoms with van der Waals surface area (Å²) in [5.74, 6) is 0. The van der Waals surface area contributed by atoms with Gasteiger partial charge in [-0.1, -0.05) is 0 Å². The number of piperazine rings is 1. The van der Waals surface area contributed by atoms with Gasteiger partial charge in [0.2, 0.25) is 0 Å². The van der Waals surface area contributed by atoms with Crippen molar-refractivity contribution >= 4 is 0 Å². The van der Waals surface area contributed by atoms with Crippen molar-refractivity contribution in [3.8, 4) is 0 Å². The average Bonchev–Trinajstić information content (AvgIpc) is 2.29. The first-order valence-corrected chi connectivity index (χ1v) is 6.88. The van der Waals surface area contributed by atoms with Crippen molar-refractivity contribution in [2.24, 2.45) is 0 Å². The summed E-state index contributed by atoms with van der Waals surface area (Å²) >= 11 is 0. The number of allylic oxidation sites excluding steroid dienone is 1. The van der Waals surface area contributed by atoms with E-state index >= 15 is 0 Å². The Labute approximate surface area is 111 Å². The molecule has 0 bridgehead atoms. The Morgan fingerprint density at radius 3 is 2.33 bits per heavy atom. The SMILES string of the molecule is CC(C)=COC[C@H](O)CN1CCN(C(C)C)CC1. The van der Waals surface area contributed by atoms with Crippen molar-refractivity contribution in [2.75, 3.05) is 39.3 Å². The fourth-order valence-electron chi connectivity index (χ4n) is 2.14. The molecule has 1 aliphatic rings. The minimum absolute atomic E-state index is 0.384. The van der Waals surface area contributed by atoms with Crippen LogP contribution < -0.4 is 0 Å². The molecule has 0 aromatic carbocycles. The topological polar surface area (TPSA) is 35.9 Å². The van der Waals surface area contributed by atoms with Crippen molar-refractivity contribution in [3.05, 3.63) is 11.8 Å². The molecule has 0 spiro atoms. The van der Waals surface area contributed by atoms with Crippen LogP contribution in [0.1, 0.15) is 27.7 Å². The smallest absolute Gasteiger partial charge is 0.114 e. The van der Waals surface area contributed by atoms with E-state index in [1.165, 1.54) is 0 Å². The molecule has 1 heterocycles. The van der Waals surface area contributed by atoms with Crippen LogP contribution in [0, 0.1) is 0 Å². The molecule has 1 N–H and O–H groups in total. The normalized spacial score (nSPS) is 19.9. The molecule has 1 atom stereocenters. The third-order valence-electron chi connectivity index (χ3n) is 3.21. The molecular weight excluding hydrogens is 228 g/mol. The van der Waals surface area contributed by atoms with Gasteiger partial charge in [0.05, 0.1) is 6.26 Å². The zero-order chi connectivity index (χ0) is 13.5. The van der Waals surface area contributed by atoms with E-state index < -0.39 is 6.10 Å². The molecule has 0 amide bonds. The third-order valence-corrected chi connectivity index (χ3v) is 3.21. The fraction of sp³-hybridized carbons (Fsp3) is 0.857. The molecular formula is C14H28N2O2. The number of hydrogen-bond acceptors (Lipinski definition) is 4. The van der Waals surface area contributed by atoms with Crippen LogP contribution in [0.3, 0.4) is 0 Å². The van der Waals surface area contributed by atoms with Crippen molar-refractivity contribution in [1.82, 2.24) is 9.80 Å². The molecule has 0 radical (unpaired) electrons. The molecule has 1 saturated heterocycles. The van der Waals surface area contributed by atoms with Crippen LogP contribution in [0.4, 0.5) is 0 Å². The van der Waals surface area contributed by atoms with Crippen LogP contribution in [-0.4, -0.2) is 66.4 Å². The van der Waals surface area contributed by atoms with E-state index in [-0.39, 0.29) is 0 Å². The summed E-state index contributed by atoms with van der Waals surface area (Å²) in [6.45, 7) is 13.8. The predicted molar refractivity (Wildman–Crippen MR) is 74.5 cm³/mol. The Balaban J connectivity index is 2.18. The zero-order valence-electron chi connectivity index (χ0n) is 12.2. The van der Waals surface area contributed by atoms with Gasteiger partial charge in [-0.15, -0.1) is 0 Å². The quantitative estimate of drug-likeness (QED) is 0.727. The minimum atomic E-state index is -0.397. The van der Waals surface area contributed by atoms with E-state index in [1.54, 1.807) is 6.26 Å². The predicted octanol–water partition coefficient (Wildman–Crippen LogP) is 1.31. The van der Waals surface area contributed by atoms with Gasteiger partial charge in [-0.3, -0.25) is 9.80 Å². The van der Waals surface area contributed by atoms with Crippen molar-refractivity contribution in [2.45, 2.75) is 39.8 Å². The summed E-state index contributed by atoms with van der Waals surface area (Å²) in [6, 6.07) is 0.623. The molecule has 1 fully saturated rings. The summed E-state index contributed by atoms with van der Waals surface area (Å²) in [7, 11) is 0. The largest absolute Gasteiger partial charge is 0.499 e. The van der Waals surface area contributed by atoms with E-state index in [1.807, 2.05) is 13.8 Å². The lowest BCUT2D eigenvalue weighted by Gasteiger charge is -2.37. The van der Waals surface area contributed by atoms with E-state index in [2.05, 4.69) is 23.6 Å². The van der Waals surface area contributed by atoms with Gasteiger partial charge in [0.1, 0.15) is 12.7 Å². The zero-order valence-corrected chi connectivity index (χ0v) is 12.2. The lowest BCUT2D eigenvalue weighted by molar-refractivity contribution is 0.0295. The van der Waals surface area contributed by atoms with Crippen molar-refractivity contribution < 1.29 is 9.84 Å². The van der Waals surface area contributed by atoms with Crippen molar-refractivity contribution in [3.63, 3.8) is 0 Å². The van der Waals surface area contributed by atoms with E-state index in [0.29, 0.717) is 19.2 Å². The number of ether oxygens (including phenoxy) is 1. The van der Waals surface area contributed by atoms with Gasteiger partial charge in [0, 0.05) is 38.8 Å². The lowest BCUT2D eigenvalue weighted by Crippen LogP contribution is -2.50. The fourth-order valence-corrected chi connectivity index (χ4v) is 2.14. The van der Waals surface area contributed by atoms with Crippen LogP contribution in [0.5, 0.6) is 0 Å². The van der Waals surface area contributed by atoms with Crippen molar-refractivity contribution in [1.29, 1.82) is 0 Å². The minimum Gasteiger partial charge on any atom is -0.499 e. The molecule has 106 valence electrons. The van der Waals surface area contributed by atoms with E-state index in [0.717, 1.165) is 31.8 Å². The summed E-state index contributed by atoms with van der Waals surface area (Å²) in [5.41, 5.74) is 1.12. The summed E-state index contributed by atoms with van der Waals surface area (Å²) in [5, 5.41) is 9.88. The maximum Gasteiger partial charge on any atom is 0.114 e. The summed E-state index contributed by atoms with van der Waals surface area (Å²) < 4.78 is 5.31. The second-order valence-corrected chi connectivity index (χ2v) is 5.61. The first-order chi connectivity index (χ1) is 8.49. The molecule has 18 heavy (non-hydrogen) atoms. The molecule has 1 rings (SSSR count). The summed E-state index contributed by atoms with van der Waals surface area (Å²) in [6.07, 6.45) is 1.31. The second kappa shape index (κ2) is 7.77. The van der Waals surface area contributed by atoms with Gasteiger partial charge >= 0.3 is 0 Å². The van der Waals surface area contributed by atoms with Gasteiger partial charge in [-0.2, -0.15) is 0 Å². The Hall–Kier alpha value is -0.580. The lowest BCUT2D eigenvalue weighted by atomic mass is 10.2. The van der Waals surface area contributed by atoms with Crippen LogP contribution in [0.2, 0.25) is 0 Å². The molecule has 0 unspecified atom stereocenters. The third kappa shape index (κ3) is 5.85. The van der Waals surface area contributed by atoms with Crippen LogP contribution in [-0.2, 0) is 4.74 Å². The molecule has 0 aliphatic carbocycles. The maximum absolute atomic E-state index is 9.88. The Morgan fingerprint density at radius 2 is 1.83 bits per heavy atom. The first-order valence-electron chi connectivity index (χ1n) is 6.88. The number of hydrogen-bond donors (Lipinski definition) is 1. The second-order valence-electron chi connectivity index (χ2n) is 5.61. The number of aliphatic hydroxyl groups excluding tert-OH is 1. The van der Waals surface area contributed by atoms with Gasteiger partial charge in [-0.05, 0) is 33.3 Å². The standard InChI is InChI=1S/C14H28N2O2/c1-12(2)10-18-11-14(17)9-15-5-7-16(8-6-15)13(3)4/h10,13-14,17H,5-9,11H2,1-4H3/t14-/m1/s1. The number of aliphatic hydroxyl groups is 1. The van der Waals surface area contributed by atoms with E-state index in [9.17, 15) is 5.11 Å². The Bertz CT molecular complexity index is 255. The van der Waals surface area contributed by atoms with Gasteiger partial charge in [0.25, 0.3) is 0 Å². The average molecular weight is 256 g/mol. The van der Waals surface area contributed by atoms with Gasteiger partial charge < -0.3 is 9.84 Å². The van der Waals surface area contributed by atoms with Gasteiger partial charge in [-0.25, -0.2) is 0 Å². The molecule has 4 nitrogen and oxygen atoms in total. The summed E-state index contributed by atoms with van der Waals surface area (Å²) in [4.78, 5) is 4.79. The highest BCUT2D eigenvalue weighted by molar-refractivity contribution is 4.86.